The van der Waals surface area contributed by atoms with Crippen molar-refractivity contribution >= 4 is 40.9 Å². The van der Waals surface area contributed by atoms with E-state index in [1.807, 2.05) is 19.4 Å². The molecule has 10 nitrogen and oxygen atoms in total. The van der Waals surface area contributed by atoms with Gasteiger partial charge in [-0.3, -0.25) is 24.0 Å². The van der Waals surface area contributed by atoms with Gasteiger partial charge in [-0.15, -0.1) is 0 Å². The maximum atomic E-state index is 11.5. The number of nitrogens with zero attached hydrogens (tertiary/aromatic N) is 2. The summed E-state index contributed by atoms with van der Waals surface area (Å²) in [5.74, 6) is 0.290. The largest absolute Gasteiger partial charge is 0.481 e. The monoisotopic (exact) mass is 929 g/mol. The zero-order valence-electron chi connectivity index (χ0n) is 39.6. The number of ketones is 2. The van der Waals surface area contributed by atoms with Crippen LogP contribution in [0.15, 0.2) is 22.3 Å². The Balaban J connectivity index is 0.000000824. The summed E-state index contributed by atoms with van der Waals surface area (Å²) >= 11 is 0. The molecule has 8 rings (SSSR count). The number of aliphatic carboxylic acids is 1. The lowest BCUT2D eigenvalue weighted by atomic mass is 9.93. The van der Waals surface area contributed by atoms with Crippen molar-refractivity contribution in [2.45, 2.75) is 230 Å². The predicted molar refractivity (Wildman–Crippen MR) is 273 cm³/mol. The highest BCUT2D eigenvalue weighted by atomic mass is 16.5. The van der Waals surface area contributed by atoms with Gasteiger partial charge in [0, 0.05) is 75.7 Å². The maximum absolute atomic E-state index is 11.5. The van der Waals surface area contributed by atoms with Crippen LogP contribution in [0.4, 0.5) is 0 Å². The van der Waals surface area contributed by atoms with Crippen LogP contribution in [-0.2, 0) is 33.4 Å². The average molecular weight is 929 g/mol. The summed E-state index contributed by atoms with van der Waals surface area (Å²) in [5, 5.41) is 7.42. The minimum atomic E-state index is -0.833. The third kappa shape index (κ3) is 20.4. The van der Waals surface area contributed by atoms with Crippen molar-refractivity contribution < 1.29 is 47.7 Å². The number of methoxy groups -OCH3 is 2. The second-order valence-electron chi connectivity index (χ2n) is 19.2. The Morgan fingerprint density at radius 2 is 0.955 bits per heavy atom. The zero-order valence-corrected chi connectivity index (χ0v) is 39.6. The normalized spacial score (nSPS) is 23.1. The lowest BCUT2D eigenvalue weighted by Gasteiger charge is -2.18. The Morgan fingerprint density at radius 3 is 1.41 bits per heavy atom. The van der Waals surface area contributed by atoms with E-state index < -0.39 is 5.97 Å². The van der Waals surface area contributed by atoms with Crippen LogP contribution in [0.5, 0.6) is 0 Å². The minimum Gasteiger partial charge on any atom is -0.481 e. The molecule has 2 saturated heterocycles. The van der Waals surface area contributed by atoms with Gasteiger partial charge in [-0.05, 0) is 134 Å². The van der Waals surface area contributed by atoms with E-state index in [2.05, 4.69) is 13.9 Å². The van der Waals surface area contributed by atoms with Crippen molar-refractivity contribution in [1.29, 1.82) is 0 Å². The molecule has 8 aliphatic rings. The highest BCUT2D eigenvalue weighted by Crippen LogP contribution is 2.35. The third-order valence-electron chi connectivity index (χ3n) is 14.5. The number of ether oxygens (including phenoxy) is 2. The Kier molecular flexibility index (Phi) is 32.2. The number of carbonyl (C=O) groups excluding carboxylic acids is 4. The van der Waals surface area contributed by atoms with Crippen LogP contribution in [0.25, 0.3) is 0 Å². The first-order chi connectivity index (χ1) is 29.9. The van der Waals surface area contributed by atoms with E-state index in [1.54, 1.807) is 17.0 Å². The second-order valence-corrected chi connectivity index (χ2v) is 19.2. The summed E-state index contributed by atoms with van der Waals surface area (Å²) in [7, 11) is 2.87. The number of hydrogen-bond donors (Lipinski definition) is 1. The predicted octanol–water partition coefficient (Wildman–Crippen LogP) is 13.1. The van der Waals surface area contributed by atoms with E-state index in [1.165, 1.54) is 180 Å². The van der Waals surface area contributed by atoms with Gasteiger partial charge >= 0.3 is 11.9 Å². The Bertz CT molecular complexity index is 1620. The van der Waals surface area contributed by atoms with Gasteiger partial charge in [0.2, 0.25) is 0 Å². The van der Waals surface area contributed by atoms with Crippen molar-refractivity contribution in [2.75, 3.05) is 40.4 Å². The molecule has 0 amide bonds. The number of hydrogen-bond acceptors (Lipinski definition) is 7. The molecule has 2 aliphatic heterocycles. The summed E-state index contributed by atoms with van der Waals surface area (Å²) in [6, 6.07) is 0. The molecular formula is C56H100N2O8+2. The third-order valence-corrected chi connectivity index (χ3v) is 14.5. The van der Waals surface area contributed by atoms with Crippen LogP contribution in [0.2, 0.25) is 0 Å². The van der Waals surface area contributed by atoms with Gasteiger partial charge in [-0.1, -0.05) is 54.7 Å². The minimum absolute atomic E-state index is 0. The van der Waals surface area contributed by atoms with Crippen LogP contribution in [-0.4, -0.2) is 95.6 Å². The molecule has 0 radical (unpaired) electrons. The van der Waals surface area contributed by atoms with Gasteiger partial charge in [0.05, 0.1) is 26.1 Å². The molecular weight excluding hydrogens is 829 g/mol. The molecule has 6 saturated carbocycles. The van der Waals surface area contributed by atoms with E-state index >= 15 is 0 Å². The van der Waals surface area contributed by atoms with Crippen LogP contribution >= 0.6 is 0 Å². The quantitative estimate of drug-likeness (QED) is 0.158. The van der Waals surface area contributed by atoms with Crippen molar-refractivity contribution in [3.8, 4) is 0 Å². The number of Topliss-reactive ketones (excluding diaryl/α,β-unsaturated/α-hetero) is 2. The van der Waals surface area contributed by atoms with Gasteiger partial charge < -0.3 is 14.6 Å². The first-order valence-corrected chi connectivity index (χ1v) is 25.0. The first-order valence-electron chi connectivity index (χ1n) is 25.0. The molecule has 4 atom stereocenters. The Morgan fingerprint density at radius 1 is 0.530 bits per heavy atom. The lowest BCUT2D eigenvalue weighted by Crippen LogP contribution is -2.30. The molecule has 2 heterocycles. The Hall–Kier alpha value is -3.43. The van der Waals surface area contributed by atoms with Crippen molar-refractivity contribution in [3.05, 3.63) is 22.3 Å². The average Bonchev–Trinajstić information content (AvgIpc) is 4.14. The van der Waals surface area contributed by atoms with E-state index in [4.69, 9.17) is 14.6 Å². The maximum Gasteiger partial charge on any atom is 0.308 e. The van der Waals surface area contributed by atoms with E-state index in [0.29, 0.717) is 30.3 Å². The SMILES string of the molecule is C.C.C.C.C1CC[N+](=C2CCCC2=C2CCCC2)CC1.CC(=O)O.COC(=O)C(C)CC1CCCC1=O.COC(=O)C(C)CC1CCCC1=[N+]1CCCCC1.O=C1CCCC1=C1CCCC1. The molecule has 8 fully saturated rings. The van der Waals surface area contributed by atoms with Gasteiger partial charge in [-0.25, -0.2) is 9.15 Å². The first kappa shape index (κ1) is 62.6. The molecule has 0 aromatic rings. The smallest absolute Gasteiger partial charge is 0.308 e. The van der Waals surface area contributed by atoms with Gasteiger partial charge in [0.1, 0.15) is 32.0 Å². The van der Waals surface area contributed by atoms with Gasteiger partial charge in [0.25, 0.3) is 5.97 Å². The molecule has 0 aromatic heterocycles. The van der Waals surface area contributed by atoms with Crippen LogP contribution < -0.4 is 0 Å². The molecule has 10 heteroatoms. The van der Waals surface area contributed by atoms with Crippen molar-refractivity contribution in [1.82, 2.24) is 0 Å². The van der Waals surface area contributed by atoms with Crippen LogP contribution in [0.3, 0.4) is 0 Å². The molecule has 0 bridgehead atoms. The summed E-state index contributed by atoms with van der Waals surface area (Å²) < 4.78 is 14.8. The number of carboxylic acids is 1. The molecule has 6 aliphatic carbocycles. The number of carboxylic acid groups (broad SMARTS) is 1. The highest BCUT2D eigenvalue weighted by Gasteiger charge is 2.34. The number of esters is 2. The van der Waals surface area contributed by atoms with Gasteiger partial charge in [0.15, 0.2) is 17.2 Å². The number of carbonyl (C=O) groups is 5. The molecule has 4 unspecified atom stereocenters. The standard InChI is InChI=1S/C15H26NO2.C15H24N.C10H16O3.C10H14O.C2H4O2.4CH4/c1-12(15(17)18-2)11-13-7-6-8-14(13)16-9-4-3-5-10-16;1-4-11-16(12-5-1)15-10-6-9-14(15)13-7-2-3-8-13;1-7(10(12)13-2)6-8-4-3-5-9(8)11;11-10-7-3-6-9(10)8-4-1-2-5-8;1-2(3)4;;;;/h12-13H,3-11H2,1-2H3;1-12H2;7-8H,3-6H2,1-2H3;1-7H2;1H3,(H,3,4);4*1H4/q2*+1;;;;;;;. The topological polar surface area (TPSA) is 130 Å². The number of rotatable bonds is 6. The van der Waals surface area contributed by atoms with E-state index in [0.717, 1.165) is 45.4 Å². The zero-order chi connectivity index (χ0) is 44.9. The molecule has 380 valence electrons. The fraction of sp³-hybridized carbons (Fsp3) is 0.804. The second kappa shape index (κ2) is 33.9. The molecule has 1 N–H and O–H groups in total. The van der Waals surface area contributed by atoms with E-state index in [9.17, 15) is 19.2 Å². The lowest BCUT2D eigenvalue weighted by molar-refractivity contribution is -0.540. The van der Waals surface area contributed by atoms with Gasteiger partial charge in [-0.2, -0.15) is 0 Å². The van der Waals surface area contributed by atoms with Crippen molar-refractivity contribution in [2.24, 2.45) is 23.7 Å². The molecule has 66 heavy (non-hydrogen) atoms. The summed E-state index contributed by atoms with van der Waals surface area (Å²) in [4.78, 5) is 54.2. The molecule has 0 spiro atoms. The molecule has 0 aromatic carbocycles. The van der Waals surface area contributed by atoms with Crippen LogP contribution in [0, 0.1) is 23.7 Å². The highest BCUT2D eigenvalue weighted by molar-refractivity contribution is 5.99. The van der Waals surface area contributed by atoms with E-state index in [-0.39, 0.29) is 59.4 Å². The summed E-state index contributed by atoms with van der Waals surface area (Å²) in [5.41, 5.74) is 9.73. The summed E-state index contributed by atoms with van der Waals surface area (Å²) in [6.07, 6.45) is 34.4. The van der Waals surface area contributed by atoms with Crippen LogP contribution in [0.1, 0.15) is 230 Å². The fourth-order valence-electron chi connectivity index (χ4n) is 11.3. The van der Waals surface area contributed by atoms with Crippen molar-refractivity contribution in [3.63, 3.8) is 0 Å². The fourth-order valence-corrected chi connectivity index (χ4v) is 11.3. The Labute approximate surface area is 403 Å². The summed E-state index contributed by atoms with van der Waals surface area (Å²) in [6.45, 7) is 10.0. The number of piperidine rings is 2. The number of allylic oxidation sites excluding steroid dienone is 4.